The molecule has 98 valence electrons. The summed E-state index contributed by atoms with van der Waals surface area (Å²) in [4.78, 5) is 16.1. The lowest BCUT2D eigenvalue weighted by atomic mass is 10.4. The zero-order valence-corrected chi connectivity index (χ0v) is 11.2. The first-order valence-electron chi connectivity index (χ1n) is 4.84. The average molecular weight is 341 g/mol. The molecular weight excluding hydrogens is 334 g/mol. The molecule has 2 heterocycles. The van der Waals surface area contributed by atoms with Gasteiger partial charge in [-0.15, -0.1) is 3.89 Å². The molecule has 1 aromatic heterocycles. The second-order valence-electron chi connectivity index (χ2n) is 3.77. The van der Waals surface area contributed by atoms with Crippen molar-refractivity contribution in [2.75, 3.05) is 11.4 Å². The summed E-state index contributed by atoms with van der Waals surface area (Å²) in [5, 5.41) is -1.46. The molecule has 1 aliphatic heterocycles. The van der Waals surface area contributed by atoms with Crippen molar-refractivity contribution in [3.8, 4) is 0 Å². The van der Waals surface area contributed by atoms with Gasteiger partial charge in [0.25, 0.3) is 0 Å². The fourth-order valence-corrected chi connectivity index (χ4v) is 2.65. The van der Waals surface area contributed by atoms with Crippen LogP contribution in [0, 0.1) is 5.82 Å². The molecule has 1 amide bonds. The van der Waals surface area contributed by atoms with Gasteiger partial charge in [0.15, 0.2) is 11.6 Å². The van der Waals surface area contributed by atoms with E-state index >= 15 is 0 Å². The molecule has 18 heavy (non-hydrogen) atoms. The Balaban J connectivity index is 2.33. The Hall–Kier alpha value is -1.09. The largest absolute Gasteiger partial charge is 0.307 e. The van der Waals surface area contributed by atoms with Gasteiger partial charge in [-0.3, -0.25) is 9.69 Å². The van der Waals surface area contributed by atoms with Gasteiger partial charge in [0.1, 0.15) is 5.25 Å². The van der Waals surface area contributed by atoms with Crippen LogP contribution in [0.5, 0.6) is 0 Å². The molecule has 1 aromatic rings. The summed E-state index contributed by atoms with van der Waals surface area (Å²) in [6.45, 7) is -0.427. The summed E-state index contributed by atoms with van der Waals surface area (Å²) in [5.41, 5.74) is 0. The molecule has 1 unspecified atom stereocenters. The Kier molecular flexibility index (Phi) is 3.37. The van der Waals surface area contributed by atoms with Gasteiger partial charge < -0.3 is 0 Å². The molecule has 0 bridgehead atoms. The van der Waals surface area contributed by atoms with E-state index in [-0.39, 0.29) is 5.82 Å². The van der Waals surface area contributed by atoms with Crippen molar-refractivity contribution in [3.05, 3.63) is 22.6 Å². The van der Waals surface area contributed by atoms with Gasteiger partial charge in [-0.2, -0.15) is 8.42 Å². The monoisotopic (exact) mass is 340 g/mol. The van der Waals surface area contributed by atoms with E-state index in [2.05, 4.69) is 20.9 Å². The first kappa shape index (κ1) is 13.3. The number of hydrogen-bond acceptors (Lipinski definition) is 4. The van der Waals surface area contributed by atoms with Crippen molar-refractivity contribution in [2.45, 2.75) is 11.7 Å². The molecular formula is C9H7BrF2N2O3S. The molecule has 1 fully saturated rings. The first-order valence-corrected chi connectivity index (χ1v) is 7.08. The van der Waals surface area contributed by atoms with Crippen LogP contribution in [0.1, 0.15) is 6.42 Å². The van der Waals surface area contributed by atoms with Crippen molar-refractivity contribution in [2.24, 2.45) is 0 Å². The highest BCUT2D eigenvalue weighted by Crippen LogP contribution is 2.27. The molecule has 5 nitrogen and oxygen atoms in total. The van der Waals surface area contributed by atoms with Crippen LogP contribution in [0.3, 0.4) is 0 Å². The second-order valence-corrected chi connectivity index (χ2v) is 6.30. The Bertz CT molecular complexity index is 608. The van der Waals surface area contributed by atoms with Crippen LogP contribution in [0.25, 0.3) is 0 Å². The summed E-state index contributed by atoms with van der Waals surface area (Å²) >= 11 is 3.00. The molecule has 1 saturated heterocycles. The fourth-order valence-electron chi connectivity index (χ4n) is 1.67. The maximum Gasteiger partial charge on any atom is 0.307 e. The number of halogens is 3. The highest BCUT2D eigenvalue weighted by atomic mass is 79.9. The van der Waals surface area contributed by atoms with Crippen LogP contribution < -0.4 is 4.90 Å². The molecule has 1 atom stereocenters. The minimum Gasteiger partial charge on any atom is -0.293 e. The lowest BCUT2D eigenvalue weighted by molar-refractivity contribution is -0.117. The van der Waals surface area contributed by atoms with E-state index in [0.29, 0.717) is 4.47 Å². The van der Waals surface area contributed by atoms with E-state index in [9.17, 15) is 21.5 Å². The van der Waals surface area contributed by atoms with Crippen LogP contribution in [0.2, 0.25) is 0 Å². The van der Waals surface area contributed by atoms with E-state index in [1.165, 1.54) is 6.20 Å². The lowest BCUT2D eigenvalue weighted by Gasteiger charge is -2.15. The standard InChI is InChI=1S/C9H7BrF2N2O3S/c10-5-1-7(11)9(13-3-5)14-4-6(2-8(14)15)18(12,16)17/h1,3,6H,2,4H2. The van der Waals surface area contributed by atoms with Crippen molar-refractivity contribution in [1.82, 2.24) is 4.98 Å². The summed E-state index contributed by atoms with van der Waals surface area (Å²) in [5.74, 6) is -1.75. The maximum absolute atomic E-state index is 13.6. The summed E-state index contributed by atoms with van der Waals surface area (Å²) in [6, 6.07) is 1.09. The van der Waals surface area contributed by atoms with Crippen molar-refractivity contribution in [3.63, 3.8) is 0 Å². The second kappa shape index (κ2) is 4.54. The highest BCUT2D eigenvalue weighted by molar-refractivity contribution is 9.10. The van der Waals surface area contributed by atoms with Gasteiger partial charge in [0.2, 0.25) is 5.91 Å². The van der Waals surface area contributed by atoms with Gasteiger partial charge in [-0.1, -0.05) is 0 Å². The third-order valence-corrected chi connectivity index (χ3v) is 4.08. The van der Waals surface area contributed by atoms with Crippen molar-refractivity contribution >= 4 is 37.9 Å². The van der Waals surface area contributed by atoms with Crippen LogP contribution >= 0.6 is 15.9 Å². The lowest BCUT2D eigenvalue weighted by Crippen LogP contribution is -2.28. The SMILES string of the molecule is O=C1CC(S(=O)(=O)F)CN1c1ncc(Br)cc1F. The number of hydrogen-bond donors (Lipinski definition) is 0. The molecule has 0 saturated carbocycles. The quantitative estimate of drug-likeness (QED) is 0.763. The van der Waals surface area contributed by atoms with Gasteiger partial charge in [0.05, 0.1) is 0 Å². The zero-order valence-electron chi connectivity index (χ0n) is 8.81. The van der Waals surface area contributed by atoms with Crippen molar-refractivity contribution < 1.29 is 21.5 Å². The van der Waals surface area contributed by atoms with Gasteiger partial charge in [0, 0.05) is 23.6 Å². The number of nitrogens with zero attached hydrogens (tertiary/aromatic N) is 2. The number of aromatic nitrogens is 1. The predicted octanol–water partition coefficient (Wildman–Crippen LogP) is 1.39. The molecule has 0 spiro atoms. The first-order chi connectivity index (χ1) is 8.29. The molecule has 0 N–H and O–H groups in total. The number of amides is 1. The molecule has 9 heteroatoms. The van der Waals surface area contributed by atoms with E-state index in [0.717, 1.165) is 11.0 Å². The van der Waals surface area contributed by atoms with Gasteiger partial charge >= 0.3 is 10.2 Å². The van der Waals surface area contributed by atoms with E-state index in [1.54, 1.807) is 0 Å². The molecule has 0 aromatic carbocycles. The fraction of sp³-hybridized carbons (Fsp3) is 0.333. The van der Waals surface area contributed by atoms with Gasteiger partial charge in [-0.25, -0.2) is 9.37 Å². The number of carbonyl (C=O) groups is 1. The Morgan fingerprint density at radius 1 is 1.50 bits per heavy atom. The number of pyridine rings is 1. The van der Waals surface area contributed by atoms with Crippen LogP contribution in [0.4, 0.5) is 14.1 Å². The summed E-state index contributed by atoms with van der Waals surface area (Å²) in [6.07, 6.45) is 0.763. The molecule has 1 aliphatic rings. The maximum atomic E-state index is 13.6. The highest BCUT2D eigenvalue weighted by Gasteiger charge is 2.40. The molecule has 0 aliphatic carbocycles. The van der Waals surface area contributed by atoms with Crippen LogP contribution in [-0.2, 0) is 15.0 Å². The zero-order chi connectivity index (χ0) is 13.5. The molecule has 0 radical (unpaired) electrons. The Morgan fingerprint density at radius 2 is 2.17 bits per heavy atom. The normalized spacial score (nSPS) is 20.5. The molecule has 2 rings (SSSR count). The third-order valence-electron chi connectivity index (χ3n) is 2.53. The average Bonchev–Trinajstić information content (AvgIpc) is 2.60. The Morgan fingerprint density at radius 3 is 2.67 bits per heavy atom. The predicted molar refractivity (Wildman–Crippen MR) is 62.7 cm³/mol. The van der Waals surface area contributed by atoms with E-state index < -0.39 is 40.2 Å². The van der Waals surface area contributed by atoms with E-state index in [4.69, 9.17) is 0 Å². The topological polar surface area (TPSA) is 67.3 Å². The Labute approximate surface area is 110 Å². The summed E-state index contributed by atoms with van der Waals surface area (Å²) in [7, 11) is -4.82. The van der Waals surface area contributed by atoms with Gasteiger partial charge in [-0.05, 0) is 22.0 Å². The number of anilines is 1. The van der Waals surface area contributed by atoms with Crippen molar-refractivity contribution in [1.29, 1.82) is 0 Å². The number of carbonyl (C=O) groups excluding carboxylic acids is 1. The minimum atomic E-state index is -4.82. The van der Waals surface area contributed by atoms with Crippen LogP contribution in [0.15, 0.2) is 16.7 Å². The smallest absolute Gasteiger partial charge is 0.293 e. The van der Waals surface area contributed by atoms with E-state index in [1.807, 2.05) is 0 Å². The third kappa shape index (κ3) is 2.51. The minimum absolute atomic E-state index is 0.297. The number of rotatable bonds is 2. The summed E-state index contributed by atoms with van der Waals surface area (Å²) < 4.78 is 48.2. The van der Waals surface area contributed by atoms with Crippen LogP contribution in [-0.4, -0.2) is 31.1 Å².